The molecule has 1 rings (SSSR count). The molecule has 0 aliphatic heterocycles. The number of pyridine rings is 1. The topological polar surface area (TPSA) is 59.1 Å². The summed E-state index contributed by atoms with van der Waals surface area (Å²) < 4.78 is 0. The van der Waals surface area contributed by atoms with Gasteiger partial charge < -0.3 is 10.8 Å². The lowest BCUT2D eigenvalue weighted by Gasteiger charge is -2.07. The number of aromatic nitrogens is 1. The number of hydrogen-bond donors (Lipinski definition) is 2. The van der Waals surface area contributed by atoms with Gasteiger partial charge >= 0.3 is 0 Å². The third-order valence-corrected chi connectivity index (χ3v) is 1.87. The summed E-state index contributed by atoms with van der Waals surface area (Å²) in [7, 11) is 0. The minimum absolute atomic E-state index is 0.0487. The molecule has 0 bridgehead atoms. The fourth-order valence-corrected chi connectivity index (χ4v) is 1.08. The van der Waals surface area contributed by atoms with Gasteiger partial charge in [-0.15, -0.1) is 0 Å². The molecule has 0 aromatic carbocycles. The lowest BCUT2D eigenvalue weighted by atomic mass is 10.1. The van der Waals surface area contributed by atoms with E-state index in [-0.39, 0.29) is 12.6 Å². The van der Waals surface area contributed by atoms with E-state index in [1.54, 1.807) is 18.3 Å². The Morgan fingerprint density at radius 2 is 2.42 bits per heavy atom. The molecule has 4 heteroatoms. The van der Waals surface area contributed by atoms with Gasteiger partial charge in [0.2, 0.25) is 0 Å². The number of nitrogens with zero attached hydrogens (tertiary/aromatic N) is 1. The Labute approximate surface area is 76.2 Å². The maximum absolute atomic E-state index is 8.69. The monoisotopic (exact) mass is 186 g/mol. The third-order valence-electron chi connectivity index (χ3n) is 1.52. The first-order chi connectivity index (χ1) is 5.74. The van der Waals surface area contributed by atoms with Crippen LogP contribution < -0.4 is 5.73 Å². The minimum atomic E-state index is -0.280. The van der Waals surface area contributed by atoms with E-state index in [0.29, 0.717) is 11.4 Å². The molecule has 1 atom stereocenters. The summed E-state index contributed by atoms with van der Waals surface area (Å²) in [4.78, 5) is 4.04. The third kappa shape index (κ3) is 2.44. The van der Waals surface area contributed by atoms with Crippen molar-refractivity contribution in [2.75, 3.05) is 6.61 Å². The van der Waals surface area contributed by atoms with Crippen LogP contribution in [0.2, 0.25) is 5.02 Å². The van der Waals surface area contributed by atoms with Gasteiger partial charge in [0, 0.05) is 18.7 Å². The quantitative estimate of drug-likeness (QED) is 0.727. The lowest BCUT2D eigenvalue weighted by Crippen LogP contribution is -2.27. The summed E-state index contributed by atoms with van der Waals surface area (Å²) in [6.07, 6.45) is 2.17. The summed E-state index contributed by atoms with van der Waals surface area (Å²) in [6, 6.07) is 3.24. The zero-order chi connectivity index (χ0) is 8.97. The van der Waals surface area contributed by atoms with Crippen LogP contribution in [-0.4, -0.2) is 22.7 Å². The Balaban J connectivity index is 2.69. The maximum atomic E-state index is 8.69. The number of halogens is 1. The van der Waals surface area contributed by atoms with Gasteiger partial charge in [-0.05, 0) is 12.1 Å². The van der Waals surface area contributed by atoms with Crippen molar-refractivity contribution >= 4 is 11.6 Å². The summed E-state index contributed by atoms with van der Waals surface area (Å²) in [6.45, 7) is -0.0487. The second kappa shape index (κ2) is 4.40. The summed E-state index contributed by atoms with van der Waals surface area (Å²) in [5, 5.41) is 9.29. The molecule has 0 radical (unpaired) electrons. The molecule has 0 aliphatic carbocycles. The molecule has 1 aromatic rings. The summed E-state index contributed by atoms with van der Waals surface area (Å²) in [5.74, 6) is 0. The molecule has 66 valence electrons. The van der Waals surface area contributed by atoms with Crippen molar-refractivity contribution in [1.82, 2.24) is 4.98 Å². The van der Waals surface area contributed by atoms with E-state index in [1.807, 2.05) is 0 Å². The van der Waals surface area contributed by atoms with Gasteiger partial charge in [0.25, 0.3) is 0 Å². The Kier molecular flexibility index (Phi) is 3.47. The Bertz CT molecular complexity index is 255. The highest BCUT2D eigenvalue weighted by molar-refractivity contribution is 6.31. The van der Waals surface area contributed by atoms with E-state index in [9.17, 15) is 0 Å². The highest BCUT2D eigenvalue weighted by atomic mass is 35.5. The molecule has 0 unspecified atom stereocenters. The van der Waals surface area contributed by atoms with E-state index >= 15 is 0 Å². The van der Waals surface area contributed by atoms with Crippen molar-refractivity contribution in [3.05, 3.63) is 29.0 Å². The van der Waals surface area contributed by atoms with Crippen molar-refractivity contribution < 1.29 is 5.11 Å². The van der Waals surface area contributed by atoms with Crippen LogP contribution in [0.5, 0.6) is 0 Å². The fourth-order valence-electron chi connectivity index (χ4n) is 0.881. The van der Waals surface area contributed by atoms with E-state index in [1.165, 1.54) is 0 Å². The van der Waals surface area contributed by atoms with Crippen molar-refractivity contribution in [3.63, 3.8) is 0 Å². The fraction of sp³-hybridized carbons (Fsp3) is 0.375. The molecule has 0 saturated carbocycles. The average molecular weight is 187 g/mol. The Morgan fingerprint density at radius 3 is 3.00 bits per heavy atom. The lowest BCUT2D eigenvalue weighted by molar-refractivity contribution is 0.264. The zero-order valence-electron chi connectivity index (χ0n) is 6.57. The molecule has 0 spiro atoms. The molecule has 0 fully saturated rings. The van der Waals surface area contributed by atoms with Crippen LogP contribution in [0.25, 0.3) is 0 Å². The van der Waals surface area contributed by atoms with Crippen molar-refractivity contribution in [2.45, 2.75) is 12.5 Å². The molecule has 1 heterocycles. The van der Waals surface area contributed by atoms with Gasteiger partial charge in [-0.2, -0.15) is 0 Å². The molecular weight excluding hydrogens is 176 g/mol. The normalized spacial score (nSPS) is 12.9. The van der Waals surface area contributed by atoms with Crippen LogP contribution in [0.3, 0.4) is 0 Å². The van der Waals surface area contributed by atoms with E-state index in [4.69, 9.17) is 22.4 Å². The van der Waals surface area contributed by atoms with Gasteiger partial charge in [0.1, 0.15) is 0 Å². The van der Waals surface area contributed by atoms with Crippen LogP contribution in [0, 0.1) is 0 Å². The molecule has 12 heavy (non-hydrogen) atoms. The number of nitrogens with two attached hydrogens (primary N) is 1. The van der Waals surface area contributed by atoms with Crippen LogP contribution in [0.15, 0.2) is 18.3 Å². The predicted molar refractivity (Wildman–Crippen MR) is 48.0 cm³/mol. The second-order valence-corrected chi connectivity index (χ2v) is 2.99. The largest absolute Gasteiger partial charge is 0.395 e. The number of aliphatic hydroxyl groups is 1. The van der Waals surface area contributed by atoms with Crippen molar-refractivity contribution in [1.29, 1.82) is 0 Å². The van der Waals surface area contributed by atoms with E-state index in [0.717, 1.165) is 5.69 Å². The number of rotatable bonds is 3. The number of aliphatic hydroxyl groups excluding tert-OH is 1. The first kappa shape index (κ1) is 9.45. The minimum Gasteiger partial charge on any atom is -0.395 e. The zero-order valence-corrected chi connectivity index (χ0v) is 7.33. The van der Waals surface area contributed by atoms with Crippen LogP contribution in [0.1, 0.15) is 5.69 Å². The molecule has 0 saturated heterocycles. The van der Waals surface area contributed by atoms with Crippen molar-refractivity contribution in [3.8, 4) is 0 Å². The van der Waals surface area contributed by atoms with Crippen LogP contribution in [-0.2, 0) is 6.42 Å². The first-order valence-electron chi connectivity index (χ1n) is 3.70. The molecule has 3 N–H and O–H groups in total. The molecule has 0 aliphatic rings. The smallest absolute Gasteiger partial charge is 0.0622 e. The SMILES string of the molecule is N[C@@H](CO)Cc1ncccc1Cl. The van der Waals surface area contributed by atoms with Gasteiger partial charge in [-0.1, -0.05) is 11.6 Å². The van der Waals surface area contributed by atoms with Gasteiger partial charge in [0.15, 0.2) is 0 Å². The summed E-state index contributed by atoms with van der Waals surface area (Å²) >= 11 is 5.83. The standard InChI is InChI=1S/C8H11ClN2O/c9-7-2-1-3-11-8(7)4-6(10)5-12/h1-3,6,12H,4-5,10H2/t6-/m1/s1. The summed E-state index contributed by atoms with van der Waals surface area (Å²) in [5.41, 5.74) is 6.26. The van der Waals surface area contributed by atoms with Crippen LogP contribution in [0.4, 0.5) is 0 Å². The highest BCUT2D eigenvalue weighted by Gasteiger charge is 2.06. The van der Waals surface area contributed by atoms with Gasteiger partial charge in [0.05, 0.1) is 17.3 Å². The highest BCUT2D eigenvalue weighted by Crippen LogP contribution is 2.12. The Hall–Kier alpha value is -0.640. The number of hydrogen-bond acceptors (Lipinski definition) is 3. The average Bonchev–Trinajstić information content (AvgIpc) is 2.09. The first-order valence-corrected chi connectivity index (χ1v) is 4.07. The Morgan fingerprint density at radius 1 is 1.67 bits per heavy atom. The van der Waals surface area contributed by atoms with Crippen LogP contribution >= 0.6 is 11.6 Å². The maximum Gasteiger partial charge on any atom is 0.0622 e. The molecular formula is C8H11ClN2O. The van der Waals surface area contributed by atoms with Crippen molar-refractivity contribution in [2.24, 2.45) is 5.73 Å². The van der Waals surface area contributed by atoms with E-state index in [2.05, 4.69) is 4.98 Å². The molecule has 3 nitrogen and oxygen atoms in total. The second-order valence-electron chi connectivity index (χ2n) is 2.58. The molecule has 1 aromatic heterocycles. The van der Waals surface area contributed by atoms with E-state index < -0.39 is 0 Å². The predicted octanol–water partition coefficient (Wildman–Crippen LogP) is 0.597. The van der Waals surface area contributed by atoms with Gasteiger partial charge in [-0.25, -0.2) is 0 Å². The van der Waals surface area contributed by atoms with Gasteiger partial charge in [-0.3, -0.25) is 4.98 Å². The molecule has 0 amide bonds.